The molecule has 12 rings (SSSR count). The van der Waals surface area contributed by atoms with Gasteiger partial charge in [0.15, 0.2) is 5.82 Å². The van der Waals surface area contributed by atoms with E-state index in [1.807, 2.05) is 18.2 Å². The van der Waals surface area contributed by atoms with Gasteiger partial charge in [-0.1, -0.05) is 188 Å². The third-order valence-electron chi connectivity index (χ3n) is 13.0. The first-order valence-electron chi connectivity index (χ1n) is 21.6. The van der Waals surface area contributed by atoms with Crippen molar-refractivity contribution in [1.82, 2.24) is 9.97 Å². The summed E-state index contributed by atoms with van der Waals surface area (Å²) in [6.07, 6.45) is 0. The van der Waals surface area contributed by atoms with Gasteiger partial charge in [0.05, 0.1) is 11.4 Å². The number of rotatable bonds is 7. The van der Waals surface area contributed by atoms with E-state index in [4.69, 9.17) is 14.4 Å². The Kier molecular flexibility index (Phi) is 8.62. The molecular weight excluding hydrogens is 765 g/mol. The first-order chi connectivity index (χ1) is 31.1. The number of para-hydroxylation sites is 2. The third-order valence-corrected chi connectivity index (χ3v) is 13.0. The molecule has 0 radical (unpaired) electrons. The highest BCUT2D eigenvalue weighted by Gasteiger charge is 2.40. The van der Waals surface area contributed by atoms with Crippen LogP contribution >= 0.6 is 0 Å². The number of hydrogen-bond donors (Lipinski definition) is 0. The summed E-state index contributed by atoms with van der Waals surface area (Å²) >= 11 is 0. The lowest BCUT2D eigenvalue weighted by molar-refractivity contribution is 0.670. The zero-order valence-electron chi connectivity index (χ0n) is 34.7. The molecule has 1 atom stereocenters. The Balaban J connectivity index is 1.09. The molecule has 0 N–H and O–H groups in total. The van der Waals surface area contributed by atoms with Crippen molar-refractivity contribution in [2.45, 2.75) is 12.3 Å². The Morgan fingerprint density at radius 3 is 1.65 bits per heavy atom. The lowest BCUT2D eigenvalue weighted by Gasteiger charge is -2.28. The highest BCUT2D eigenvalue weighted by molar-refractivity contribution is 6.10. The molecule has 11 aromatic rings. The molecule has 0 aliphatic heterocycles. The molecule has 0 fully saturated rings. The van der Waals surface area contributed by atoms with Gasteiger partial charge in [-0.2, -0.15) is 0 Å². The Bertz CT molecular complexity index is 3520. The Labute approximate surface area is 366 Å². The van der Waals surface area contributed by atoms with Crippen LogP contribution in [-0.2, 0) is 5.41 Å². The fourth-order valence-electron chi connectivity index (χ4n) is 9.87. The van der Waals surface area contributed by atoms with Gasteiger partial charge < -0.3 is 4.42 Å². The van der Waals surface area contributed by atoms with E-state index >= 15 is 0 Å². The van der Waals surface area contributed by atoms with E-state index < -0.39 is 0 Å². The summed E-state index contributed by atoms with van der Waals surface area (Å²) in [5, 5.41) is 2.20. The largest absolute Gasteiger partial charge is 0.455 e. The Morgan fingerprint density at radius 2 is 0.889 bits per heavy atom. The normalized spacial score (nSPS) is 14.2. The SMILES string of the molecule is CC1(c2ccccc2)c2ccccc2-c2cc(-c3cc(-c4cc(-c5ccccc5-c5ccccc5)cc(-c5cccc6c5oc5ccccc56)c4)nc(-c4ccccc4)n3)ccc21. The van der Waals surface area contributed by atoms with Crippen LogP contribution < -0.4 is 0 Å². The summed E-state index contributed by atoms with van der Waals surface area (Å²) in [6.45, 7) is 2.36. The quantitative estimate of drug-likeness (QED) is 0.161. The minimum absolute atomic E-state index is 0.284. The van der Waals surface area contributed by atoms with Crippen LogP contribution in [-0.4, -0.2) is 9.97 Å². The van der Waals surface area contributed by atoms with Crippen molar-refractivity contribution in [3.05, 3.63) is 241 Å². The van der Waals surface area contributed by atoms with Gasteiger partial charge in [-0.3, -0.25) is 0 Å². The monoisotopic (exact) mass is 804 g/mol. The summed E-state index contributed by atoms with van der Waals surface area (Å²) in [5.74, 6) is 0.675. The second-order valence-corrected chi connectivity index (χ2v) is 16.6. The van der Waals surface area contributed by atoms with Gasteiger partial charge in [-0.25, -0.2) is 9.97 Å². The molecule has 1 unspecified atom stereocenters. The summed E-state index contributed by atoms with van der Waals surface area (Å²) in [4.78, 5) is 10.7. The van der Waals surface area contributed by atoms with Gasteiger partial charge in [0.2, 0.25) is 0 Å². The minimum Gasteiger partial charge on any atom is -0.455 e. The van der Waals surface area contributed by atoms with E-state index in [0.717, 1.165) is 83.4 Å². The maximum atomic E-state index is 6.65. The van der Waals surface area contributed by atoms with Crippen LogP contribution in [0.2, 0.25) is 0 Å². The average molecular weight is 805 g/mol. The summed E-state index contributed by atoms with van der Waals surface area (Å²) in [6, 6.07) is 80.0. The van der Waals surface area contributed by atoms with Crippen molar-refractivity contribution < 1.29 is 4.42 Å². The molecule has 2 heterocycles. The van der Waals surface area contributed by atoms with Crippen LogP contribution in [0.3, 0.4) is 0 Å². The average Bonchev–Trinajstić information content (AvgIpc) is 3.87. The van der Waals surface area contributed by atoms with Crippen molar-refractivity contribution >= 4 is 21.9 Å². The highest BCUT2D eigenvalue weighted by atomic mass is 16.3. The van der Waals surface area contributed by atoms with Crippen LogP contribution in [0.4, 0.5) is 0 Å². The van der Waals surface area contributed by atoms with Crippen molar-refractivity contribution in [1.29, 1.82) is 0 Å². The lowest BCUT2D eigenvalue weighted by Crippen LogP contribution is -2.22. The topological polar surface area (TPSA) is 38.9 Å². The number of nitrogens with zero attached hydrogens (tertiary/aromatic N) is 2. The van der Waals surface area contributed by atoms with E-state index in [-0.39, 0.29) is 5.41 Å². The van der Waals surface area contributed by atoms with Crippen LogP contribution in [0, 0.1) is 0 Å². The zero-order chi connectivity index (χ0) is 41.9. The number of furan rings is 1. The third kappa shape index (κ3) is 6.12. The number of fused-ring (bicyclic) bond motifs is 6. The number of aromatic nitrogens is 2. The predicted octanol–water partition coefficient (Wildman–Crippen LogP) is 15.7. The molecule has 1 aliphatic carbocycles. The smallest absolute Gasteiger partial charge is 0.160 e. The van der Waals surface area contributed by atoms with Crippen molar-refractivity contribution in [3.63, 3.8) is 0 Å². The van der Waals surface area contributed by atoms with Gasteiger partial charge in [-0.05, 0) is 99.0 Å². The van der Waals surface area contributed by atoms with Crippen molar-refractivity contribution in [2.24, 2.45) is 0 Å². The molecule has 3 nitrogen and oxygen atoms in total. The maximum absolute atomic E-state index is 6.65. The van der Waals surface area contributed by atoms with Crippen molar-refractivity contribution in [2.75, 3.05) is 0 Å². The van der Waals surface area contributed by atoms with E-state index in [2.05, 4.69) is 213 Å². The number of benzene rings is 9. The molecule has 63 heavy (non-hydrogen) atoms. The maximum Gasteiger partial charge on any atom is 0.160 e. The molecule has 0 bridgehead atoms. The van der Waals surface area contributed by atoms with Gasteiger partial charge in [-0.15, -0.1) is 0 Å². The second kappa shape index (κ2) is 14.8. The molecule has 0 amide bonds. The lowest BCUT2D eigenvalue weighted by atomic mass is 9.74. The predicted molar refractivity (Wildman–Crippen MR) is 259 cm³/mol. The highest BCUT2D eigenvalue weighted by Crippen LogP contribution is 2.53. The summed E-state index contributed by atoms with van der Waals surface area (Å²) in [5.41, 5.74) is 19.2. The molecule has 296 valence electrons. The van der Waals surface area contributed by atoms with E-state index in [0.29, 0.717) is 5.82 Å². The van der Waals surface area contributed by atoms with Gasteiger partial charge in [0.1, 0.15) is 11.2 Å². The Morgan fingerprint density at radius 1 is 0.349 bits per heavy atom. The van der Waals surface area contributed by atoms with E-state index in [9.17, 15) is 0 Å². The van der Waals surface area contributed by atoms with E-state index in [1.54, 1.807) is 0 Å². The van der Waals surface area contributed by atoms with Crippen molar-refractivity contribution in [3.8, 4) is 78.4 Å². The second-order valence-electron chi connectivity index (χ2n) is 16.6. The molecule has 9 aromatic carbocycles. The molecule has 2 aromatic heterocycles. The number of hydrogen-bond acceptors (Lipinski definition) is 3. The Hall–Kier alpha value is -8.14. The van der Waals surface area contributed by atoms with Gasteiger partial charge >= 0.3 is 0 Å². The van der Waals surface area contributed by atoms with Gasteiger partial charge in [0.25, 0.3) is 0 Å². The molecule has 1 aliphatic rings. The van der Waals surface area contributed by atoms with Crippen LogP contribution in [0.1, 0.15) is 23.6 Å². The minimum atomic E-state index is -0.284. The molecule has 0 spiro atoms. The fourth-order valence-corrected chi connectivity index (χ4v) is 9.87. The fraction of sp³-hybridized carbons (Fsp3) is 0.0333. The molecular formula is C60H40N2O. The first kappa shape index (κ1) is 36.7. The van der Waals surface area contributed by atoms with Gasteiger partial charge in [0, 0.05) is 38.4 Å². The first-order valence-corrected chi connectivity index (χ1v) is 21.6. The molecule has 0 saturated heterocycles. The van der Waals surface area contributed by atoms with Crippen LogP contribution in [0.5, 0.6) is 0 Å². The standard InChI is InChI=1S/C60H40N2O/c1-60(45-22-9-4-10-23-45)53-30-15-13-26-49(53)52-37-41(32-33-54(52)60)55-38-56(62-59(61-55)40-20-7-3-8-21-40)44-35-42(47-25-12-11-24-46(47)39-18-5-2-6-19-39)34-43(36-44)48-28-17-29-51-50-27-14-16-31-57(50)63-58(48)51/h2-38H,1H3. The summed E-state index contributed by atoms with van der Waals surface area (Å²) in [7, 11) is 0. The zero-order valence-corrected chi connectivity index (χ0v) is 34.7. The summed E-state index contributed by atoms with van der Waals surface area (Å²) < 4.78 is 6.65. The van der Waals surface area contributed by atoms with E-state index in [1.165, 1.54) is 27.8 Å². The van der Waals surface area contributed by atoms with Crippen LogP contribution in [0.25, 0.3) is 100 Å². The van der Waals surface area contributed by atoms with Crippen LogP contribution in [0.15, 0.2) is 229 Å². The molecule has 0 saturated carbocycles. The molecule has 3 heteroatoms.